The van der Waals surface area contributed by atoms with Gasteiger partial charge in [-0.3, -0.25) is 4.72 Å². The monoisotopic (exact) mass is 359 g/mol. The summed E-state index contributed by atoms with van der Waals surface area (Å²) in [6, 6.07) is 11.0. The topological polar surface area (TPSA) is 62.3 Å². The normalized spacial score (nSPS) is 18.2. The van der Waals surface area contributed by atoms with Crippen molar-refractivity contribution in [1.29, 1.82) is 0 Å². The predicted molar refractivity (Wildman–Crippen MR) is 102 cm³/mol. The number of hydrogen-bond donors (Lipinski definition) is 1. The maximum Gasteiger partial charge on any atom is 0.261 e. The summed E-state index contributed by atoms with van der Waals surface area (Å²) in [7, 11) is -3.59. The second kappa shape index (κ2) is 7.44. The van der Waals surface area contributed by atoms with Gasteiger partial charge in [0.2, 0.25) is 0 Å². The molecule has 2 heterocycles. The third-order valence-corrected chi connectivity index (χ3v) is 6.12. The van der Waals surface area contributed by atoms with Crippen LogP contribution in [-0.2, 0) is 10.0 Å². The Balaban J connectivity index is 1.75. The van der Waals surface area contributed by atoms with Crippen molar-refractivity contribution in [1.82, 2.24) is 4.98 Å². The Morgan fingerprint density at radius 2 is 1.92 bits per heavy atom. The van der Waals surface area contributed by atoms with Gasteiger partial charge in [0.15, 0.2) is 0 Å². The molecule has 1 aromatic heterocycles. The van der Waals surface area contributed by atoms with Crippen molar-refractivity contribution >= 4 is 21.5 Å². The molecule has 25 heavy (non-hydrogen) atoms. The molecule has 1 atom stereocenters. The van der Waals surface area contributed by atoms with Crippen LogP contribution in [0.4, 0.5) is 11.5 Å². The number of piperidine rings is 1. The number of nitrogens with zero attached hydrogens (tertiary/aromatic N) is 2. The number of aryl methyl sites for hydroxylation is 1. The lowest BCUT2D eigenvalue weighted by Gasteiger charge is -2.36. The van der Waals surface area contributed by atoms with Crippen LogP contribution in [0.2, 0.25) is 0 Å². The number of anilines is 2. The quantitative estimate of drug-likeness (QED) is 0.878. The molecule has 1 aromatic carbocycles. The lowest BCUT2D eigenvalue weighted by Crippen LogP contribution is -2.39. The third kappa shape index (κ3) is 4.12. The molecule has 1 saturated heterocycles. The molecule has 0 saturated carbocycles. The Labute approximate surface area is 150 Å². The highest BCUT2D eigenvalue weighted by molar-refractivity contribution is 7.92. The molecular formula is C19H25N3O2S. The van der Waals surface area contributed by atoms with Gasteiger partial charge in [0.1, 0.15) is 5.82 Å². The Morgan fingerprint density at radius 1 is 1.16 bits per heavy atom. The zero-order chi connectivity index (χ0) is 17.9. The minimum absolute atomic E-state index is 0.254. The van der Waals surface area contributed by atoms with Crippen LogP contribution in [0.15, 0.2) is 47.5 Å². The minimum Gasteiger partial charge on any atom is -0.354 e. The molecule has 0 radical (unpaired) electrons. The lowest BCUT2D eigenvalue weighted by atomic mass is 10.00. The molecule has 1 aliphatic heterocycles. The van der Waals surface area contributed by atoms with Crippen LogP contribution in [-0.4, -0.2) is 26.0 Å². The Kier molecular flexibility index (Phi) is 5.27. The van der Waals surface area contributed by atoms with Gasteiger partial charge < -0.3 is 4.90 Å². The zero-order valence-corrected chi connectivity index (χ0v) is 15.6. The van der Waals surface area contributed by atoms with Gasteiger partial charge in [-0.05, 0) is 56.9 Å². The number of hydrogen-bond acceptors (Lipinski definition) is 4. The lowest BCUT2D eigenvalue weighted by molar-refractivity contribution is 0.447. The van der Waals surface area contributed by atoms with Gasteiger partial charge in [0, 0.05) is 12.6 Å². The van der Waals surface area contributed by atoms with E-state index in [1.807, 2.05) is 13.0 Å². The van der Waals surface area contributed by atoms with Crippen molar-refractivity contribution in [2.45, 2.75) is 50.5 Å². The first-order chi connectivity index (χ1) is 12.0. The van der Waals surface area contributed by atoms with Crippen LogP contribution in [0.1, 0.15) is 38.2 Å². The second-order valence-electron chi connectivity index (χ2n) is 6.57. The maximum absolute atomic E-state index is 12.4. The highest BCUT2D eigenvalue weighted by Crippen LogP contribution is 2.26. The van der Waals surface area contributed by atoms with Crippen molar-refractivity contribution in [2.75, 3.05) is 16.2 Å². The van der Waals surface area contributed by atoms with Crippen LogP contribution in [0.5, 0.6) is 0 Å². The number of pyridine rings is 1. The van der Waals surface area contributed by atoms with Gasteiger partial charge in [0.25, 0.3) is 10.0 Å². The van der Waals surface area contributed by atoms with Crippen LogP contribution < -0.4 is 9.62 Å². The van der Waals surface area contributed by atoms with Gasteiger partial charge in [-0.15, -0.1) is 0 Å². The largest absolute Gasteiger partial charge is 0.354 e. The fraction of sp³-hybridized carbons (Fsp3) is 0.421. The zero-order valence-electron chi connectivity index (χ0n) is 14.8. The van der Waals surface area contributed by atoms with Gasteiger partial charge in [-0.25, -0.2) is 13.4 Å². The molecule has 3 rings (SSSR count). The molecule has 2 aromatic rings. The van der Waals surface area contributed by atoms with E-state index in [2.05, 4.69) is 21.5 Å². The van der Waals surface area contributed by atoms with Crippen LogP contribution in [0.25, 0.3) is 0 Å². The molecule has 0 bridgehead atoms. The van der Waals surface area contributed by atoms with Crippen molar-refractivity contribution < 1.29 is 8.42 Å². The van der Waals surface area contributed by atoms with E-state index in [9.17, 15) is 8.42 Å². The third-order valence-electron chi connectivity index (χ3n) is 4.72. The molecule has 1 unspecified atom stereocenters. The van der Waals surface area contributed by atoms with Crippen molar-refractivity contribution in [3.8, 4) is 0 Å². The smallest absolute Gasteiger partial charge is 0.261 e. The standard InChI is InChI=1S/C19H25N3O2S/c1-3-17-6-4-5-13-22(17)19-12-9-16(14-20-19)21-25(23,24)18-10-7-15(2)8-11-18/h7-12,14,17,21H,3-6,13H2,1-2H3. The molecule has 6 heteroatoms. The minimum atomic E-state index is -3.59. The molecule has 134 valence electrons. The molecule has 0 spiro atoms. The first-order valence-corrected chi connectivity index (χ1v) is 10.3. The number of benzene rings is 1. The van der Waals surface area contributed by atoms with Crippen molar-refractivity contribution in [2.24, 2.45) is 0 Å². The van der Waals surface area contributed by atoms with Gasteiger partial charge in [-0.2, -0.15) is 0 Å². The highest BCUT2D eigenvalue weighted by atomic mass is 32.2. The maximum atomic E-state index is 12.4. The summed E-state index contributed by atoms with van der Waals surface area (Å²) >= 11 is 0. The van der Waals surface area contributed by atoms with Gasteiger partial charge in [-0.1, -0.05) is 24.6 Å². The van der Waals surface area contributed by atoms with E-state index in [-0.39, 0.29) is 4.90 Å². The summed E-state index contributed by atoms with van der Waals surface area (Å²) in [5.74, 6) is 0.921. The average molecular weight is 359 g/mol. The van der Waals surface area contributed by atoms with Crippen LogP contribution >= 0.6 is 0 Å². The van der Waals surface area contributed by atoms with Gasteiger partial charge in [0.05, 0.1) is 16.8 Å². The van der Waals surface area contributed by atoms with E-state index in [4.69, 9.17) is 0 Å². The van der Waals surface area contributed by atoms with E-state index in [0.717, 1.165) is 24.3 Å². The SMILES string of the molecule is CCC1CCCCN1c1ccc(NS(=O)(=O)c2ccc(C)cc2)cn1. The summed E-state index contributed by atoms with van der Waals surface area (Å²) < 4.78 is 27.5. The molecular weight excluding hydrogens is 334 g/mol. The predicted octanol–water partition coefficient (Wildman–Crippen LogP) is 3.96. The van der Waals surface area contributed by atoms with Crippen molar-refractivity contribution in [3.05, 3.63) is 48.2 Å². The Hall–Kier alpha value is -2.08. The van der Waals surface area contributed by atoms with E-state index in [1.54, 1.807) is 36.5 Å². The number of sulfonamides is 1. The summed E-state index contributed by atoms with van der Waals surface area (Å²) in [6.07, 6.45) is 6.34. The number of aromatic nitrogens is 1. The summed E-state index contributed by atoms with van der Waals surface area (Å²) in [5, 5.41) is 0. The first-order valence-electron chi connectivity index (χ1n) is 8.82. The molecule has 5 nitrogen and oxygen atoms in total. The number of nitrogens with one attached hydrogen (secondary N) is 1. The number of rotatable bonds is 5. The molecule has 0 aliphatic carbocycles. The Bertz CT molecular complexity index is 802. The highest BCUT2D eigenvalue weighted by Gasteiger charge is 2.22. The van der Waals surface area contributed by atoms with Gasteiger partial charge >= 0.3 is 0 Å². The van der Waals surface area contributed by atoms with E-state index in [0.29, 0.717) is 11.7 Å². The molecule has 1 fully saturated rings. The summed E-state index contributed by atoms with van der Waals surface area (Å²) in [6.45, 7) is 5.14. The fourth-order valence-corrected chi connectivity index (χ4v) is 4.32. The van der Waals surface area contributed by atoms with E-state index < -0.39 is 10.0 Å². The Morgan fingerprint density at radius 3 is 2.56 bits per heavy atom. The molecule has 0 amide bonds. The van der Waals surface area contributed by atoms with E-state index in [1.165, 1.54) is 19.3 Å². The van der Waals surface area contributed by atoms with E-state index >= 15 is 0 Å². The molecule has 1 aliphatic rings. The average Bonchev–Trinajstić information content (AvgIpc) is 2.62. The molecule has 1 N–H and O–H groups in total. The first kappa shape index (κ1) is 17.7. The van der Waals surface area contributed by atoms with Crippen LogP contribution in [0.3, 0.4) is 0 Å². The second-order valence-corrected chi connectivity index (χ2v) is 8.26. The summed E-state index contributed by atoms with van der Waals surface area (Å²) in [4.78, 5) is 7.08. The van der Waals surface area contributed by atoms with Crippen molar-refractivity contribution in [3.63, 3.8) is 0 Å². The summed E-state index contributed by atoms with van der Waals surface area (Å²) in [5.41, 5.74) is 1.51. The fourth-order valence-electron chi connectivity index (χ4n) is 3.27. The van der Waals surface area contributed by atoms with Crippen LogP contribution in [0, 0.1) is 6.92 Å².